The summed E-state index contributed by atoms with van der Waals surface area (Å²) in [4.78, 5) is 4.44. The Kier molecular flexibility index (Phi) is 8.07. The molecule has 1 unspecified atom stereocenters. The van der Waals surface area contributed by atoms with Crippen molar-refractivity contribution >= 4 is 39.8 Å². The van der Waals surface area contributed by atoms with Crippen LogP contribution in [-0.4, -0.2) is 50.7 Å². The monoisotopic (exact) mass is 469 g/mol. The Morgan fingerprint density at radius 1 is 1.46 bits per heavy atom. The van der Waals surface area contributed by atoms with E-state index in [0.717, 1.165) is 5.56 Å². The van der Waals surface area contributed by atoms with Crippen LogP contribution in [0.4, 0.5) is 0 Å². The number of phenolic OH excluding ortho intramolecular Hbond substituents is 1. The van der Waals surface area contributed by atoms with E-state index in [1.807, 2.05) is 13.0 Å². The summed E-state index contributed by atoms with van der Waals surface area (Å²) >= 11 is 0. The Morgan fingerprint density at radius 3 is 2.75 bits per heavy atom. The van der Waals surface area contributed by atoms with E-state index in [1.165, 1.54) is 7.11 Å². The van der Waals surface area contributed by atoms with Gasteiger partial charge in [-0.15, -0.1) is 24.0 Å². The Labute approximate surface area is 159 Å². The summed E-state index contributed by atoms with van der Waals surface area (Å²) in [6, 6.07) is 5.00. The Balaban J connectivity index is 0.00000288. The first-order valence-electron chi connectivity index (χ1n) is 7.54. The Hall–Kier alpha value is -1.23. The van der Waals surface area contributed by atoms with Gasteiger partial charge in [0.25, 0.3) is 0 Å². The van der Waals surface area contributed by atoms with Crippen molar-refractivity contribution in [3.05, 3.63) is 23.8 Å². The molecule has 1 aliphatic rings. The number of rotatable bonds is 5. The van der Waals surface area contributed by atoms with Crippen LogP contribution in [0.1, 0.15) is 18.9 Å². The summed E-state index contributed by atoms with van der Waals surface area (Å²) in [6.07, 6.45) is 0.593. The molecule has 0 radical (unpaired) electrons. The smallest absolute Gasteiger partial charge is 0.191 e. The van der Waals surface area contributed by atoms with Gasteiger partial charge in [0.1, 0.15) is 0 Å². The standard InChI is InChI=1S/C15H23N3O4S.HI/c1-3-16-15(18-12-6-7-23(20,21)10-12)17-9-11-4-5-14(22-2)13(19)8-11;/h4-5,8,12,19H,3,6-7,9-10H2,1-2H3,(H2,16,17,18);1H. The molecule has 1 saturated heterocycles. The molecular formula is C15H24IN3O4S. The number of hydrogen-bond donors (Lipinski definition) is 3. The third kappa shape index (κ3) is 6.00. The largest absolute Gasteiger partial charge is 0.504 e. The lowest BCUT2D eigenvalue weighted by Crippen LogP contribution is -2.44. The second kappa shape index (κ2) is 9.30. The number of phenols is 1. The van der Waals surface area contributed by atoms with Crippen LogP contribution in [0.25, 0.3) is 0 Å². The average Bonchev–Trinajstić information content (AvgIpc) is 2.84. The molecule has 2 rings (SSSR count). The van der Waals surface area contributed by atoms with Gasteiger partial charge >= 0.3 is 0 Å². The van der Waals surface area contributed by atoms with Crippen LogP contribution >= 0.6 is 24.0 Å². The van der Waals surface area contributed by atoms with Crippen molar-refractivity contribution in [1.29, 1.82) is 0 Å². The minimum absolute atomic E-state index is 0. The fourth-order valence-corrected chi connectivity index (χ4v) is 4.10. The normalized spacial score (nSPS) is 19.4. The van der Waals surface area contributed by atoms with Crippen molar-refractivity contribution in [3.8, 4) is 11.5 Å². The van der Waals surface area contributed by atoms with E-state index in [4.69, 9.17) is 4.74 Å². The minimum atomic E-state index is -2.93. The number of aliphatic imine (C=N–C) groups is 1. The molecule has 9 heteroatoms. The number of methoxy groups -OCH3 is 1. The predicted octanol–water partition coefficient (Wildman–Crippen LogP) is 1.26. The zero-order chi connectivity index (χ0) is 16.9. The summed E-state index contributed by atoms with van der Waals surface area (Å²) < 4.78 is 28.0. The number of guanidine groups is 1. The summed E-state index contributed by atoms with van der Waals surface area (Å²) in [5.74, 6) is 1.42. The lowest BCUT2D eigenvalue weighted by Gasteiger charge is -2.15. The van der Waals surface area contributed by atoms with Crippen LogP contribution in [0.5, 0.6) is 11.5 Å². The summed E-state index contributed by atoms with van der Waals surface area (Å²) in [6.45, 7) is 2.99. The number of hydrogen-bond acceptors (Lipinski definition) is 5. The maximum Gasteiger partial charge on any atom is 0.191 e. The van der Waals surface area contributed by atoms with Gasteiger partial charge < -0.3 is 20.5 Å². The number of nitrogens with one attached hydrogen (secondary N) is 2. The number of ether oxygens (including phenoxy) is 1. The summed E-state index contributed by atoms with van der Waals surface area (Å²) in [5, 5.41) is 16.0. The lowest BCUT2D eigenvalue weighted by atomic mass is 10.2. The molecule has 0 aliphatic carbocycles. The number of halogens is 1. The molecule has 1 aromatic carbocycles. The highest BCUT2D eigenvalue weighted by molar-refractivity contribution is 14.0. The highest BCUT2D eigenvalue weighted by Crippen LogP contribution is 2.26. The molecule has 0 saturated carbocycles. The van der Waals surface area contributed by atoms with E-state index in [0.29, 0.717) is 31.2 Å². The van der Waals surface area contributed by atoms with Crippen LogP contribution in [0.3, 0.4) is 0 Å². The quantitative estimate of drug-likeness (QED) is 0.341. The fraction of sp³-hybridized carbons (Fsp3) is 0.533. The van der Waals surface area contributed by atoms with E-state index in [-0.39, 0.29) is 47.3 Å². The van der Waals surface area contributed by atoms with E-state index in [9.17, 15) is 13.5 Å². The first kappa shape index (κ1) is 20.8. The molecule has 1 atom stereocenters. The molecule has 3 N–H and O–H groups in total. The molecule has 1 fully saturated rings. The van der Waals surface area contributed by atoms with Gasteiger partial charge in [-0.25, -0.2) is 13.4 Å². The third-order valence-corrected chi connectivity index (χ3v) is 5.35. The maximum absolute atomic E-state index is 11.5. The Bertz CT molecular complexity index is 679. The molecule has 1 heterocycles. The van der Waals surface area contributed by atoms with Crippen molar-refractivity contribution in [2.24, 2.45) is 4.99 Å². The molecule has 0 aromatic heterocycles. The van der Waals surface area contributed by atoms with Crippen molar-refractivity contribution < 1.29 is 18.3 Å². The van der Waals surface area contributed by atoms with Crippen molar-refractivity contribution in [2.45, 2.75) is 25.9 Å². The van der Waals surface area contributed by atoms with Gasteiger partial charge in [0.05, 0.1) is 25.2 Å². The second-order valence-corrected chi connectivity index (χ2v) is 7.67. The van der Waals surface area contributed by atoms with Gasteiger partial charge in [0.2, 0.25) is 0 Å². The van der Waals surface area contributed by atoms with Crippen molar-refractivity contribution in [1.82, 2.24) is 10.6 Å². The van der Waals surface area contributed by atoms with Gasteiger partial charge in [-0.3, -0.25) is 0 Å². The summed E-state index contributed by atoms with van der Waals surface area (Å²) in [5.41, 5.74) is 0.833. The highest BCUT2D eigenvalue weighted by Gasteiger charge is 2.28. The number of benzene rings is 1. The molecule has 0 spiro atoms. The topological polar surface area (TPSA) is 100 Å². The molecule has 24 heavy (non-hydrogen) atoms. The molecule has 0 amide bonds. The molecule has 7 nitrogen and oxygen atoms in total. The maximum atomic E-state index is 11.5. The van der Waals surface area contributed by atoms with Gasteiger partial charge in [-0.1, -0.05) is 6.07 Å². The van der Waals surface area contributed by atoms with Crippen LogP contribution in [0.2, 0.25) is 0 Å². The zero-order valence-corrected chi connectivity index (χ0v) is 16.9. The fourth-order valence-electron chi connectivity index (χ4n) is 2.43. The zero-order valence-electron chi connectivity index (χ0n) is 13.8. The first-order chi connectivity index (χ1) is 10.9. The van der Waals surface area contributed by atoms with Crippen molar-refractivity contribution in [2.75, 3.05) is 25.2 Å². The van der Waals surface area contributed by atoms with Gasteiger partial charge in [0, 0.05) is 12.6 Å². The van der Waals surface area contributed by atoms with Crippen LogP contribution in [0, 0.1) is 0 Å². The molecular weight excluding hydrogens is 445 g/mol. The van der Waals surface area contributed by atoms with E-state index >= 15 is 0 Å². The third-order valence-electron chi connectivity index (χ3n) is 3.58. The molecule has 1 aliphatic heterocycles. The molecule has 136 valence electrons. The van der Waals surface area contributed by atoms with E-state index in [1.54, 1.807) is 12.1 Å². The van der Waals surface area contributed by atoms with Gasteiger partial charge in [-0.2, -0.15) is 0 Å². The number of sulfone groups is 1. The minimum Gasteiger partial charge on any atom is -0.504 e. The van der Waals surface area contributed by atoms with E-state index < -0.39 is 9.84 Å². The number of aromatic hydroxyl groups is 1. The average molecular weight is 469 g/mol. The molecule has 1 aromatic rings. The molecule has 0 bridgehead atoms. The second-order valence-electron chi connectivity index (χ2n) is 5.45. The highest BCUT2D eigenvalue weighted by atomic mass is 127. The van der Waals surface area contributed by atoms with Crippen LogP contribution in [-0.2, 0) is 16.4 Å². The SMILES string of the molecule is CCNC(=NCc1ccc(OC)c(O)c1)NC1CCS(=O)(=O)C1.I. The number of nitrogens with zero attached hydrogens (tertiary/aromatic N) is 1. The lowest BCUT2D eigenvalue weighted by molar-refractivity contribution is 0.373. The predicted molar refractivity (Wildman–Crippen MR) is 105 cm³/mol. The van der Waals surface area contributed by atoms with Gasteiger partial charge in [-0.05, 0) is 31.0 Å². The summed E-state index contributed by atoms with van der Waals surface area (Å²) in [7, 11) is -1.43. The van der Waals surface area contributed by atoms with Gasteiger partial charge in [0.15, 0.2) is 27.3 Å². The van der Waals surface area contributed by atoms with E-state index in [2.05, 4.69) is 15.6 Å². The van der Waals surface area contributed by atoms with Crippen LogP contribution < -0.4 is 15.4 Å². The first-order valence-corrected chi connectivity index (χ1v) is 9.37. The Morgan fingerprint density at radius 2 is 2.21 bits per heavy atom. The van der Waals surface area contributed by atoms with Crippen molar-refractivity contribution in [3.63, 3.8) is 0 Å². The van der Waals surface area contributed by atoms with Crippen LogP contribution in [0.15, 0.2) is 23.2 Å².